The Morgan fingerprint density at radius 1 is 0.739 bits per heavy atom. The van der Waals surface area contributed by atoms with Gasteiger partial charge < -0.3 is 0 Å². The summed E-state index contributed by atoms with van der Waals surface area (Å²) in [5.74, 6) is 1.62. The minimum atomic E-state index is -4.03. The molecule has 1 aliphatic rings. The Kier molecular flexibility index (Phi) is 11.6. The molecule has 0 atom stereocenters. The van der Waals surface area contributed by atoms with Gasteiger partial charge in [-0.3, -0.25) is 0 Å². The molecule has 0 amide bonds. The van der Waals surface area contributed by atoms with Crippen molar-refractivity contribution in [2.24, 2.45) is 0 Å². The van der Waals surface area contributed by atoms with Gasteiger partial charge in [-0.05, 0) is 0 Å². The van der Waals surface area contributed by atoms with Crippen LogP contribution in [0, 0.1) is 10.1 Å². The Bertz CT molecular complexity index is 1590. The molecular weight excluding hydrogens is 706 g/mol. The van der Waals surface area contributed by atoms with Crippen molar-refractivity contribution < 1.29 is 21.6 Å². The summed E-state index contributed by atoms with van der Waals surface area (Å²) in [6.07, 6.45) is -0.135. The van der Waals surface area contributed by atoms with E-state index in [0.29, 0.717) is 24.4 Å². The first kappa shape index (κ1) is 36.2. The third-order valence-electron chi connectivity index (χ3n) is 8.22. The van der Waals surface area contributed by atoms with Crippen LogP contribution in [0.5, 0.6) is 5.75 Å². The second-order valence-electron chi connectivity index (χ2n) is 13.4. The quantitative estimate of drug-likeness (QED) is 0.117. The van der Waals surface area contributed by atoms with Crippen molar-refractivity contribution in [3.63, 3.8) is 0 Å². The van der Waals surface area contributed by atoms with Crippen LogP contribution in [0.3, 0.4) is 0 Å². The number of hydrogen-bond acceptors (Lipinski definition) is 5. The normalized spacial score (nSPS) is 14.4. The van der Waals surface area contributed by atoms with Crippen molar-refractivity contribution in [3.05, 3.63) is 92.5 Å². The predicted molar refractivity (Wildman–Crippen MR) is 195 cm³/mol. The monoisotopic (exact) mass is 755 g/mol. The minimum absolute atomic E-state index is 0.0319. The molecule has 1 fully saturated rings. The van der Waals surface area contributed by atoms with Gasteiger partial charge in [0, 0.05) is 0 Å². The van der Waals surface area contributed by atoms with Crippen molar-refractivity contribution in [3.8, 4) is 5.75 Å². The number of benzene rings is 3. The van der Waals surface area contributed by atoms with E-state index < -0.39 is 16.8 Å². The number of nitrogens with zero attached hydrogens (tertiary/aromatic N) is 3. The molecule has 4 rings (SSSR count). The standard InChI is InChI=1S/C27H38N2.C10H11NO3.2ClH.Ru/c1-18(2)22-11-9-12-23(19(3)4)26(22)28-15-16-29(17-28)27-24(20(5)6)13-10-14-25(27)21(7)8;1-7(2)14-10-5-4-9(11(12)13)6-8(10)3;;;/h9-14,18-21H,15-16H2,1-8H3;3-7H,1-2H3;2*1H;/q;;;;+2/p-2. The molecule has 0 bridgehead atoms. The fourth-order valence-corrected chi connectivity index (χ4v) is 12.1. The summed E-state index contributed by atoms with van der Waals surface area (Å²) in [6.45, 7) is 23.1. The van der Waals surface area contributed by atoms with Gasteiger partial charge in [0.1, 0.15) is 0 Å². The van der Waals surface area contributed by atoms with Crippen LogP contribution in [0.2, 0.25) is 0 Å². The number of para-hydroxylation sites is 2. The molecule has 0 spiro atoms. The number of nitro benzene ring substituents is 1. The number of nitro groups is 1. The fourth-order valence-electron chi connectivity index (χ4n) is 6.10. The van der Waals surface area contributed by atoms with E-state index >= 15 is 0 Å². The molecule has 1 heterocycles. The summed E-state index contributed by atoms with van der Waals surface area (Å²) in [7, 11) is 15.5. The van der Waals surface area contributed by atoms with E-state index in [1.165, 1.54) is 34.4 Å². The number of non-ortho nitro benzene ring substituents is 1. The van der Waals surface area contributed by atoms with E-state index in [1.54, 1.807) is 6.07 Å². The van der Waals surface area contributed by atoms with Crippen molar-refractivity contribution in [2.75, 3.05) is 22.9 Å². The van der Waals surface area contributed by atoms with Crippen molar-refractivity contribution in [1.29, 1.82) is 0 Å². The van der Waals surface area contributed by atoms with E-state index in [-0.39, 0.29) is 35.5 Å². The zero-order valence-corrected chi connectivity index (χ0v) is 32.0. The molecule has 46 heavy (non-hydrogen) atoms. The molecule has 0 aliphatic carbocycles. The number of hydrogen-bond donors (Lipinski definition) is 0. The molecule has 6 nitrogen and oxygen atoms in total. The Morgan fingerprint density at radius 2 is 1.15 bits per heavy atom. The summed E-state index contributed by atoms with van der Waals surface area (Å²) in [5.41, 5.74) is 7.82. The van der Waals surface area contributed by atoms with Gasteiger partial charge in [0.2, 0.25) is 0 Å². The van der Waals surface area contributed by atoms with Gasteiger partial charge in [0.05, 0.1) is 0 Å². The average molecular weight is 756 g/mol. The number of ether oxygens (including phenoxy) is 1. The van der Waals surface area contributed by atoms with Crippen LogP contribution in [0.25, 0.3) is 0 Å². The van der Waals surface area contributed by atoms with E-state index in [4.69, 9.17) is 24.1 Å². The predicted octanol–water partition coefficient (Wildman–Crippen LogP) is 10.6. The van der Waals surface area contributed by atoms with E-state index in [0.717, 1.165) is 15.7 Å². The van der Waals surface area contributed by atoms with Crippen LogP contribution in [0.15, 0.2) is 54.6 Å². The van der Waals surface area contributed by atoms with Gasteiger partial charge >= 0.3 is 287 Å². The molecule has 0 saturated carbocycles. The third-order valence-corrected chi connectivity index (χ3v) is 13.7. The van der Waals surface area contributed by atoms with Crippen molar-refractivity contribution >= 4 is 45.4 Å². The van der Waals surface area contributed by atoms with Gasteiger partial charge in [-0.15, -0.1) is 0 Å². The first-order chi connectivity index (χ1) is 21.5. The summed E-state index contributed by atoms with van der Waals surface area (Å²) < 4.78 is 8.89. The molecule has 1 aliphatic heterocycles. The molecule has 0 unspecified atom stereocenters. The number of anilines is 2. The van der Waals surface area contributed by atoms with Crippen LogP contribution in [-0.4, -0.2) is 33.1 Å². The molecule has 9 heteroatoms. The molecule has 3 aromatic rings. The average Bonchev–Trinajstić information content (AvgIpc) is 3.42. The Balaban J connectivity index is 2.19. The first-order valence-corrected chi connectivity index (χ1v) is 22.5. The van der Waals surface area contributed by atoms with Gasteiger partial charge in [-0.2, -0.15) is 0 Å². The van der Waals surface area contributed by atoms with Crippen molar-refractivity contribution in [1.82, 2.24) is 0 Å². The van der Waals surface area contributed by atoms with Crippen molar-refractivity contribution in [2.45, 2.75) is 99.0 Å². The van der Waals surface area contributed by atoms with Crippen LogP contribution in [-0.2, 0) is 11.9 Å². The zero-order chi connectivity index (χ0) is 34.1. The van der Waals surface area contributed by atoms with E-state index in [9.17, 15) is 10.1 Å². The third kappa shape index (κ3) is 7.58. The fraction of sp³-hybridized carbons (Fsp3) is 0.459. The number of halogens is 2. The maximum atomic E-state index is 11.9. The summed E-state index contributed by atoms with van der Waals surface area (Å²) in [5, 5.41) is 11.9. The van der Waals surface area contributed by atoms with E-state index in [2.05, 4.69) is 102 Å². The number of rotatable bonds is 10. The molecule has 0 radical (unpaired) electrons. The van der Waals surface area contributed by atoms with Gasteiger partial charge in [0.15, 0.2) is 0 Å². The topological polar surface area (TPSA) is 58.9 Å². The van der Waals surface area contributed by atoms with E-state index in [1.807, 2.05) is 18.5 Å². The summed E-state index contributed by atoms with van der Waals surface area (Å²) >= 11 is -4.03. The molecule has 0 aromatic heterocycles. The second kappa shape index (κ2) is 14.7. The van der Waals surface area contributed by atoms with Crippen LogP contribution in [0.1, 0.15) is 121 Å². The van der Waals surface area contributed by atoms with Gasteiger partial charge in [-0.1, -0.05) is 0 Å². The Morgan fingerprint density at radius 3 is 1.50 bits per heavy atom. The molecule has 252 valence electrons. The maximum absolute atomic E-state index is 11.9. The molecule has 1 saturated heterocycles. The Labute approximate surface area is 285 Å². The van der Waals surface area contributed by atoms with Crippen LogP contribution >= 0.6 is 19.4 Å². The second-order valence-corrected chi connectivity index (χ2v) is 22.7. The SMILES string of the molecule is CC(C)Oc1ccc([N+](=O)[O-])cc1[CH]=[Ru]([Cl])([Cl])=[C]1N(c2c(C(C)C)cccc2C(C)C)CCN1c1c(C(C)C)cccc1C(C)C. The van der Waals surface area contributed by atoms with Gasteiger partial charge in [0.25, 0.3) is 0 Å². The molecule has 0 N–H and O–H groups in total. The summed E-state index contributed by atoms with van der Waals surface area (Å²) in [4.78, 5) is 16.2. The Hall–Kier alpha value is -2.60. The van der Waals surface area contributed by atoms with Gasteiger partial charge in [-0.25, -0.2) is 0 Å². The summed E-state index contributed by atoms with van der Waals surface area (Å²) in [6, 6.07) is 17.8. The first-order valence-electron chi connectivity index (χ1n) is 16.1. The molecular formula is C37H49Cl2N3O3Ru. The van der Waals surface area contributed by atoms with Crippen LogP contribution in [0.4, 0.5) is 17.1 Å². The van der Waals surface area contributed by atoms with Crippen LogP contribution < -0.4 is 14.5 Å². The zero-order valence-electron chi connectivity index (χ0n) is 28.8. The molecule has 3 aromatic carbocycles.